The van der Waals surface area contributed by atoms with Gasteiger partial charge in [0.2, 0.25) is 5.91 Å². The van der Waals surface area contributed by atoms with Gasteiger partial charge >= 0.3 is 0 Å². The molecule has 1 amide bonds. The van der Waals surface area contributed by atoms with E-state index >= 15 is 0 Å². The van der Waals surface area contributed by atoms with Gasteiger partial charge in [-0.05, 0) is 49.6 Å². The average Bonchev–Trinajstić information content (AvgIpc) is 2.89. The highest BCUT2D eigenvalue weighted by molar-refractivity contribution is 7.92. The first kappa shape index (κ1) is 16.5. The summed E-state index contributed by atoms with van der Waals surface area (Å²) in [7, 11) is -3.67. The van der Waals surface area contributed by atoms with Crippen LogP contribution in [-0.4, -0.2) is 20.9 Å². The molecule has 3 rings (SSSR count). The molecule has 0 fully saturated rings. The van der Waals surface area contributed by atoms with Gasteiger partial charge in [0.15, 0.2) is 0 Å². The summed E-state index contributed by atoms with van der Waals surface area (Å²) in [5, 5.41) is 0. The Morgan fingerprint density at radius 1 is 1.12 bits per heavy atom. The van der Waals surface area contributed by atoms with E-state index in [2.05, 4.69) is 4.72 Å². The van der Waals surface area contributed by atoms with Crippen molar-refractivity contribution in [2.45, 2.75) is 32.1 Å². The smallest absolute Gasteiger partial charge is 0.262 e. The molecule has 2 aromatic rings. The van der Waals surface area contributed by atoms with Gasteiger partial charge in [-0.1, -0.05) is 23.8 Å². The van der Waals surface area contributed by atoms with Gasteiger partial charge in [-0.2, -0.15) is 0 Å². The molecule has 0 unspecified atom stereocenters. The van der Waals surface area contributed by atoms with Crippen LogP contribution >= 0.6 is 0 Å². The highest BCUT2D eigenvalue weighted by atomic mass is 32.2. The van der Waals surface area contributed by atoms with Crippen molar-refractivity contribution in [3.05, 3.63) is 53.1 Å². The molecule has 1 aliphatic rings. The number of carbonyl (C=O) groups is 1. The molecule has 0 aliphatic carbocycles. The van der Waals surface area contributed by atoms with Crippen LogP contribution in [0.2, 0.25) is 0 Å². The minimum absolute atomic E-state index is 0.0388. The van der Waals surface area contributed by atoms with E-state index < -0.39 is 10.0 Å². The molecule has 0 saturated carbocycles. The van der Waals surface area contributed by atoms with Crippen molar-refractivity contribution in [1.82, 2.24) is 0 Å². The van der Waals surface area contributed by atoms with E-state index in [4.69, 9.17) is 0 Å². The summed E-state index contributed by atoms with van der Waals surface area (Å²) in [5.41, 5.74) is 4.01. The van der Waals surface area contributed by atoms with E-state index in [-0.39, 0.29) is 10.8 Å². The molecule has 0 bridgehead atoms. The lowest BCUT2D eigenvalue weighted by atomic mass is 10.1. The average molecular weight is 344 g/mol. The van der Waals surface area contributed by atoms with Gasteiger partial charge in [-0.25, -0.2) is 8.42 Å². The van der Waals surface area contributed by atoms with Crippen LogP contribution in [-0.2, 0) is 21.2 Å². The number of nitrogens with zero attached hydrogens (tertiary/aromatic N) is 1. The van der Waals surface area contributed by atoms with Crippen molar-refractivity contribution in [2.24, 2.45) is 0 Å². The molecule has 0 atom stereocenters. The quantitative estimate of drug-likeness (QED) is 0.931. The number of carbonyl (C=O) groups excluding carboxylic acids is 1. The molecule has 126 valence electrons. The van der Waals surface area contributed by atoms with Crippen LogP contribution in [0.25, 0.3) is 0 Å². The normalized spacial score (nSPS) is 13.7. The number of aryl methyl sites for hydroxylation is 2. The number of nitrogens with one attached hydrogen (secondary N) is 1. The van der Waals surface area contributed by atoms with Crippen LogP contribution in [0.3, 0.4) is 0 Å². The van der Waals surface area contributed by atoms with E-state index in [1.54, 1.807) is 36.1 Å². The molecular weight excluding hydrogens is 324 g/mol. The molecular formula is C18H20N2O3S. The van der Waals surface area contributed by atoms with E-state index in [1.165, 1.54) is 6.92 Å². The topological polar surface area (TPSA) is 66.5 Å². The zero-order valence-electron chi connectivity index (χ0n) is 14.0. The Morgan fingerprint density at radius 2 is 1.88 bits per heavy atom. The molecule has 2 aromatic carbocycles. The molecule has 1 heterocycles. The minimum Gasteiger partial charge on any atom is -0.312 e. The van der Waals surface area contributed by atoms with Crippen molar-refractivity contribution in [3.63, 3.8) is 0 Å². The molecule has 6 heteroatoms. The Kier molecular flexibility index (Phi) is 4.09. The summed E-state index contributed by atoms with van der Waals surface area (Å²) in [6.07, 6.45) is 0.791. The maximum absolute atomic E-state index is 12.7. The molecule has 5 nitrogen and oxygen atoms in total. The first-order chi connectivity index (χ1) is 11.3. The third-order valence-corrected chi connectivity index (χ3v) is 5.77. The first-order valence-corrected chi connectivity index (χ1v) is 9.27. The summed E-state index contributed by atoms with van der Waals surface area (Å²) in [5.74, 6) is -0.0388. The minimum atomic E-state index is -3.67. The van der Waals surface area contributed by atoms with E-state index in [0.717, 1.165) is 23.2 Å². The third kappa shape index (κ3) is 3.01. The first-order valence-electron chi connectivity index (χ1n) is 7.79. The number of rotatable bonds is 3. The number of anilines is 2. The molecule has 0 saturated heterocycles. The summed E-state index contributed by atoms with van der Waals surface area (Å²) in [6, 6.07) is 10.6. The molecule has 1 N–H and O–H groups in total. The Morgan fingerprint density at radius 3 is 2.54 bits per heavy atom. The lowest BCUT2D eigenvalue weighted by Gasteiger charge is -2.16. The van der Waals surface area contributed by atoms with Gasteiger partial charge in [-0.15, -0.1) is 0 Å². The van der Waals surface area contributed by atoms with E-state index in [9.17, 15) is 13.2 Å². The Labute approximate surface area is 142 Å². The highest BCUT2D eigenvalue weighted by Gasteiger charge is 2.23. The Bertz CT molecular complexity index is 920. The zero-order chi connectivity index (χ0) is 17.5. The van der Waals surface area contributed by atoms with Crippen molar-refractivity contribution in [3.8, 4) is 0 Å². The van der Waals surface area contributed by atoms with Crippen LogP contribution in [0.5, 0.6) is 0 Å². The maximum atomic E-state index is 12.7. The number of benzene rings is 2. The second-order valence-corrected chi connectivity index (χ2v) is 7.79. The largest absolute Gasteiger partial charge is 0.312 e. The van der Waals surface area contributed by atoms with Crippen molar-refractivity contribution in [2.75, 3.05) is 16.2 Å². The fourth-order valence-corrected chi connectivity index (χ4v) is 4.36. The maximum Gasteiger partial charge on any atom is 0.262 e. The van der Waals surface area contributed by atoms with Gasteiger partial charge in [0.05, 0.1) is 10.6 Å². The van der Waals surface area contributed by atoms with Crippen LogP contribution in [0.1, 0.15) is 23.6 Å². The predicted molar refractivity (Wildman–Crippen MR) is 94.9 cm³/mol. The van der Waals surface area contributed by atoms with Crippen molar-refractivity contribution < 1.29 is 13.2 Å². The fraction of sp³-hybridized carbons (Fsp3) is 0.278. The number of hydrogen-bond donors (Lipinski definition) is 1. The lowest BCUT2D eigenvalue weighted by Crippen LogP contribution is -2.25. The zero-order valence-corrected chi connectivity index (χ0v) is 14.8. The highest BCUT2D eigenvalue weighted by Crippen LogP contribution is 2.32. The SMILES string of the molecule is CC(=O)N1CCc2ccc(NS(=O)(=O)c3ccc(C)cc3C)cc21. The molecule has 0 aromatic heterocycles. The molecule has 24 heavy (non-hydrogen) atoms. The summed E-state index contributed by atoms with van der Waals surface area (Å²) >= 11 is 0. The van der Waals surface area contributed by atoms with Gasteiger partial charge in [0.1, 0.15) is 0 Å². The monoisotopic (exact) mass is 344 g/mol. The molecule has 1 aliphatic heterocycles. The summed E-state index contributed by atoms with van der Waals surface area (Å²) < 4.78 is 27.9. The summed E-state index contributed by atoms with van der Waals surface area (Å²) in [4.78, 5) is 13.6. The molecule has 0 radical (unpaired) electrons. The van der Waals surface area contributed by atoms with Crippen molar-refractivity contribution >= 4 is 27.3 Å². The number of hydrogen-bond acceptors (Lipinski definition) is 3. The van der Waals surface area contributed by atoms with Crippen LogP contribution in [0.4, 0.5) is 11.4 Å². The number of fused-ring (bicyclic) bond motifs is 1. The van der Waals surface area contributed by atoms with E-state index in [1.807, 2.05) is 19.1 Å². The second kappa shape index (κ2) is 5.94. The van der Waals surface area contributed by atoms with Gasteiger partial charge in [-0.3, -0.25) is 9.52 Å². The van der Waals surface area contributed by atoms with Crippen molar-refractivity contribution in [1.29, 1.82) is 0 Å². The number of sulfonamides is 1. The van der Waals surface area contributed by atoms with Gasteiger partial charge in [0, 0.05) is 19.2 Å². The molecule has 0 spiro atoms. The number of amides is 1. The van der Waals surface area contributed by atoms with E-state index in [0.29, 0.717) is 17.8 Å². The summed E-state index contributed by atoms with van der Waals surface area (Å²) in [6.45, 7) is 5.86. The standard InChI is InChI=1S/C18H20N2O3S/c1-12-4-7-18(13(2)10-12)24(22,23)19-16-6-5-15-8-9-20(14(3)21)17(15)11-16/h4-7,10-11,19H,8-9H2,1-3H3. The second-order valence-electron chi connectivity index (χ2n) is 6.14. The Hall–Kier alpha value is -2.34. The lowest BCUT2D eigenvalue weighted by molar-refractivity contribution is -0.116. The van der Waals surface area contributed by atoms with Gasteiger partial charge < -0.3 is 4.90 Å². The fourth-order valence-electron chi connectivity index (χ4n) is 3.08. The van der Waals surface area contributed by atoms with Crippen LogP contribution in [0, 0.1) is 13.8 Å². The predicted octanol–water partition coefficient (Wildman–Crippen LogP) is 3.01. The third-order valence-electron chi connectivity index (χ3n) is 4.23. The van der Waals surface area contributed by atoms with Gasteiger partial charge in [0.25, 0.3) is 10.0 Å². The van der Waals surface area contributed by atoms with Crippen LogP contribution in [0.15, 0.2) is 41.3 Å². The van der Waals surface area contributed by atoms with Crippen LogP contribution < -0.4 is 9.62 Å². The Balaban J connectivity index is 1.94.